The Morgan fingerprint density at radius 1 is 1.15 bits per heavy atom. The highest BCUT2D eigenvalue weighted by Gasteiger charge is 2.40. The van der Waals surface area contributed by atoms with Gasteiger partial charge in [0, 0.05) is 11.3 Å². The molecule has 3 fully saturated rings. The summed E-state index contributed by atoms with van der Waals surface area (Å²) in [5, 5.41) is 5.08. The van der Waals surface area contributed by atoms with Crippen LogP contribution < -0.4 is 5.32 Å². The number of aliphatic imine (C=N–C) groups is 1. The molecule has 5 atom stereocenters. The van der Waals surface area contributed by atoms with Crippen molar-refractivity contribution in [2.24, 2.45) is 22.7 Å². The van der Waals surface area contributed by atoms with Gasteiger partial charge in [0.25, 0.3) is 0 Å². The average molecular weight is 295 g/mol. The van der Waals surface area contributed by atoms with E-state index in [2.05, 4.69) is 26.1 Å². The molecule has 1 N–H and O–H groups in total. The molecule has 2 saturated carbocycles. The van der Waals surface area contributed by atoms with Crippen LogP contribution in [0.4, 0.5) is 0 Å². The van der Waals surface area contributed by atoms with Crippen molar-refractivity contribution < 1.29 is 0 Å². The van der Waals surface area contributed by atoms with Crippen molar-refractivity contribution in [3.8, 4) is 0 Å². The molecule has 5 unspecified atom stereocenters. The molecule has 114 valence electrons. The highest BCUT2D eigenvalue weighted by Crippen LogP contribution is 2.39. The van der Waals surface area contributed by atoms with Crippen molar-refractivity contribution in [1.82, 2.24) is 5.32 Å². The van der Waals surface area contributed by atoms with E-state index >= 15 is 0 Å². The molecule has 3 aliphatic rings. The topological polar surface area (TPSA) is 24.4 Å². The minimum atomic E-state index is 0.381. The molecule has 0 aromatic heterocycles. The Morgan fingerprint density at radius 3 is 2.75 bits per heavy atom. The molecule has 1 saturated heterocycles. The second kappa shape index (κ2) is 5.90. The zero-order valence-corrected chi connectivity index (χ0v) is 14.1. The monoisotopic (exact) mass is 294 g/mol. The van der Waals surface area contributed by atoms with Gasteiger partial charge >= 0.3 is 0 Å². The Kier molecular flexibility index (Phi) is 4.35. The Balaban J connectivity index is 1.63. The summed E-state index contributed by atoms with van der Waals surface area (Å²) in [5.74, 6) is 3.78. The summed E-state index contributed by atoms with van der Waals surface area (Å²) in [4.78, 5) is 5.09. The molecule has 0 aromatic carbocycles. The van der Waals surface area contributed by atoms with E-state index < -0.39 is 0 Å². The maximum Gasteiger partial charge on any atom is 0.157 e. The number of rotatable bonds is 1. The predicted molar refractivity (Wildman–Crippen MR) is 89.4 cm³/mol. The Hall–Kier alpha value is -0.180. The minimum Gasteiger partial charge on any atom is -0.359 e. The lowest BCUT2D eigenvalue weighted by atomic mass is 9.78. The molecule has 2 aliphatic carbocycles. The van der Waals surface area contributed by atoms with Crippen LogP contribution >= 0.6 is 11.8 Å². The largest absolute Gasteiger partial charge is 0.359 e. The summed E-state index contributed by atoms with van der Waals surface area (Å²) in [5.41, 5.74) is 0.381. The van der Waals surface area contributed by atoms with Gasteiger partial charge in [0.1, 0.15) is 0 Å². The SMILES string of the molecule is CC1CCC(N=C2NC3(CCCC(C)C3)CS2)C(C)C1. The Morgan fingerprint density at radius 2 is 2.00 bits per heavy atom. The molecule has 20 heavy (non-hydrogen) atoms. The predicted octanol–water partition coefficient (Wildman–Crippen LogP) is 4.45. The Bertz CT molecular complexity index is 381. The van der Waals surface area contributed by atoms with E-state index in [0.717, 1.165) is 17.8 Å². The van der Waals surface area contributed by atoms with Crippen LogP contribution in [0.25, 0.3) is 0 Å². The van der Waals surface area contributed by atoms with Gasteiger partial charge in [0.05, 0.1) is 6.04 Å². The maximum atomic E-state index is 5.09. The highest BCUT2D eigenvalue weighted by molar-refractivity contribution is 8.14. The van der Waals surface area contributed by atoms with E-state index in [0.29, 0.717) is 11.6 Å². The number of hydrogen-bond acceptors (Lipinski definition) is 2. The van der Waals surface area contributed by atoms with Crippen LogP contribution in [0.2, 0.25) is 0 Å². The molecule has 0 aromatic rings. The van der Waals surface area contributed by atoms with Crippen LogP contribution in [0.1, 0.15) is 65.7 Å². The minimum absolute atomic E-state index is 0.381. The summed E-state index contributed by atoms with van der Waals surface area (Å²) >= 11 is 1.99. The summed E-state index contributed by atoms with van der Waals surface area (Å²) in [6.45, 7) is 7.19. The van der Waals surface area contributed by atoms with Gasteiger partial charge in [-0.3, -0.25) is 4.99 Å². The quantitative estimate of drug-likeness (QED) is 0.772. The number of nitrogens with zero attached hydrogens (tertiary/aromatic N) is 1. The number of amidine groups is 1. The number of hydrogen-bond donors (Lipinski definition) is 1. The first kappa shape index (κ1) is 14.7. The van der Waals surface area contributed by atoms with Crippen molar-refractivity contribution in [3.63, 3.8) is 0 Å². The van der Waals surface area contributed by atoms with Crippen molar-refractivity contribution in [2.75, 3.05) is 5.75 Å². The third-order valence-corrected chi connectivity index (χ3v) is 6.80. The summed E-state index contributed by atoms with van der Waals surface area (Å²) < 4.78 is 0. The van der Waals surface area contributed by atoms with Crippen LogP contribution in [0.15, 0.2) is 4.99 Å². The van der Waals surface area contributed by atoms with Gasteiger partial charge in [0.15, 0.2) is 5.17 Å². The average Bonchev–Trinajstić information content (AvgIpc) is 2.75. The first-order chi connectivity index (χ1) is 9.56. The first-order valence-electron chi connectivity index (χ1n) is 8.55. The van der Waals surface area contributed by atoms with Gasteiger partial charge < -0.3 is 5.32 Å². The molecule has 1 aliphatic heterocycles. The van der Waals surface area contributed by atoms with E-state index in [-0.39, 0.29) is 0 Å². The third kappa shape index (κ3) is 3.18. The lowest BCUT2D eigenvalue weighted by Gasteiger charge is -2.36. The lowest BCUT2D eigenvalue weighted by molar-refractivity contribution is 0.240. The highest BCUT2D eigenvalue weighted by atomic mass is 32.2. The van der Waals surface area contributed by atoms with E-state index in [9.17, 15) is 0 Å². The lowest BCUT2D eigenvalue weighted by Crippen LogP contribution is -2.47. The van der Waals surface area contributed by atoms with Crippen LogP contribution in [-0.4, -0.2) is 22.5 Å². The second-order valence-corrected chi connectivity index (χ2v) is 8.76. The van der Waals surface area contributed by atoms with Gasteiger partial charge in [-0.05, 0) is 49.9 Å². The zero-order chi connectivity index (χ0) is 14.2. The fourth-order valence-electron chi connectivity index (χ4n) is 4.47. The molecule has 1 spiro atoms. The molecule has 3 heteroatoms. The molecule has 0 bridgehead atoms. The number of nitrogens with one attached hydrogen (secondary N) is 1. The first-order valence-corrected chi connectivity index (χ1v) is 9.54. The Labute approximate surface area is 128 Å². The van der Waals surface area contributed by atoms with Crippen LogP contribution in [0, 0.1) is 17.8 Å². The number of thioether (sulfide) groups is 1. The fourth-order valence-corrected chi connectivity index (χ4v) is 5.72. The van der Waals surface area contributed by atoms with Crippen LogP contribution in [-0.2, 0) is 0 Å². The van der Waals surface area contributed by atoms with E-state index in [1.54, 1.807) is 0 Å². The molecule has 3 rings (SSSR count). The molecule has 2 nitrogen and oxygen atoms in total. The summed E-state index contributed by atoms with van der Waals surface area (Å²) in [6, 6.07) is 0.567. The summed E-state index contributed by atoms with van der Waals surface area (Å²) in [7, 11) is 0. The van der Waals surface area contributed by atoms with E-state index in [1.165, 1.54) is 55.9 Å². The summed E-state index contributed by atoms with van der Waals surface area (Å²) in [6.07, 6.45) is 9.50. The standard InChI is InChI=1S/C17H30N2S/c1-12-6-7-15(14(3)9-12)18-16-19-17(11-20-16)8-4-5-13(2)10-17/h12-15H,4-11H2,1-3H3,(H,18,19). The van der Waals surface area contributed by atoms with E-state index in [1.807, 2.05) is 11.8 Å². The molecule has 0 radical (unpaired) electrons. The second-order valence-electron chi connectivity index (χ2n) is 7.79. The van der Waals surface area contributed by atoms with Crippen LogP contribution in [0.3, 0.4) is 0 Å². The smallest absolute Gasteiger partial charge is 0.157 e. The third-order valence-electron chi connectivity index (χ3n) is 5.62. The van der Waals surface area contributed by atoms with Gasteiger partial charge in [-0.25, -0.2) is 0 Å². The molecular weight excluding hydrogens is 264 g/mol. The van der Waals surface area contributed by atoms with Crippen molar-refractivity contribution >= 4 is 16.9 Å². The van der Waals surface area contributed by atoms with Gasteiger partial charge in [0.2, 0.25) is 0 Å². The maximum absolute atomic E-state index is 5.09. The van der Waals surface area contributed by atoms with Crippen molar-refractivity contribution in [1.29, 1.82) is 0 Å². The van der Waals surface area contributed by atoms with Gasteiger partial charge in [-0.2, -0.15) is 0 Å². The molecular formula is C17H30N2S. The van der Waals surface area contributed by atoms with Gasteiger partial charge in [-0.15, -0.1) is 0 Å². The van der Waals surface area contributed by atoms with E-state index in [4.69, 9.17) is 4.99 Å². The van der Waals surface area contributed by atoms with Gasteiger partial charge in [-0.1, -0.05) is 45.4 Å². The van der Waals surface area contributed by atoms with Crippen molar-refractivity contribution in [3.05, 3.63) is 0 Å². The zero-order valence-electron chi connectivity index (χ0n) is 13.3. The van der Waals surface area contributed by atoms with Crippen molar-refractivity contribution in [2.45, 2.75) is 77.3 Å². The molecule has 1 heterocycles. The molecule has 0 amide bonds. The fraction of sp³-hybridized carbons (Fsp3) is 0.941. The van der Waals surface area contributed by atoms with Crippen LogP contribution in [0.5, 0.6) is 0 Å². The normalized spacial score (nSPS) is 47.6.